The number of carboxylic acids is 2. The van der Waals surface area contributed by atoms with E-state index >= 15 is 0 Å². The second-order valence-electron chi connectivity index (χ2n) is 5.39. The molecular formula is C11H14N4O4S. The molecule has 20 heavy (non-hydrogen) atoms. The molecule has 108 valence electrons. The number of carbonyl (C=O) groups is 2. The topological polar surface area (TPSA) is 142 Å². The van der Waals surface area contributed by atoms with E-state index in [4.69, 9.17) is 10.8 Å². The second-order valence-corrected chi connectivity index (χ2v) is 6.62. The van der Waals surface area contributed by atoms with Gasteiger partial charge in [-0.05, 0) is 19.3 Å². The quantitative estimate of drug-likeness (QED) is 0.593. The van der Waals surface area contributed by atoms with Gasteiger partial charge in [-0.25, -0.2) is 0 Å². The summed E-state index contributed by atoms with van der Waals surface area (Å²) < 4.78 is 0. The van der Waals surface area contributed by atoms with Crippen LogP contribution in [0.3, 0.4) is 0 Å². The molecule has 8 nitrogen and oxygen atoms in total. The smallest absolute Gasteiger partial charge is 0.324 e. The number of aromatic amines is 1. The average molecular weight is 298 g/mol. The number of H-pyrrole nitrogens is 1. The molecule has 0 unspecified atom stereocenters. The molecule has 0 aromatic carbocycles. The van der Waals surface area contributed by atoms with Crippen LogP contribution in [0.5, 0.6) is 0 Å². The normalized spacial score (nSPS) is 38.5. The molecule has 1 aromatic heterocycles. The lowest BCUT2D eigenvalue weighted by molar-refractivity contribution is -0.145. The highest BCUT2D eigenvalue weighted by Crippen LogP contribution is 2.65. The van der Waals surface area contributed by atoms with Gasteiger partial charge in [0, 0.05) is 11.2 Å². The number of hydrogen-bond acceptors (Lipinski definition) is 6. The highest BCUT2D eigenvalue weighted by Gasteiger charge is 2.74. The fourth-order valence-electron chi connectivity index (χ4n) is 3.26. The number of nitrogens with zero attached hydrogens (tertiary/aromatic N) is 2. The summed E-state index contributed by atoms with van der Waals surface area (Å²) in [7, 11) is 0. The molecule has 0 spiro atoms. The van der Waals surface area contributed by atoms with Crippen molar-refractivity contribution in [2.75, 3.05) is 0 Å². The Hall–Kier alpha value is -1.61. The van der Waals surface area contributed by atoms with Crippen molar-refractivity contribution in [2.24, 2.45) is 23.5 Å². The Morgan fingerprint density at radius 1 is 1.45 bits per heavy atom. The van der Waals surface area contributed by atoms with Gasteiger partial charge in [0.25, 0.3) is 0 Å². The summed E-state index contributed by atoms with van der Waals surface area (Å²) in [6.07, 6.45) is 0.242. The van der Waals surface area contributed by atoms with Gasteiger partial charge in [0.1, 0.15) is 11.4 Å². The summed E-state index contributed by atoms with van der Waals surface area (Å²) in [6.45, 7) is 1.76. The highest BCUT2D eigenvalue weighted by atomic mass is 32.2. The van der Waals surface area contributed by atoms with Crippen LogP contribution in [0.4, 0.5) is 0 Å². The Bertz CT molecular complexity index is 591. The van der Waals surface area contributed by atoms with E-state index in [1.54, 1.807) is 6.92 Å². The molecule has 0 radical (unpaired) electrons. The number of fused-ring (bicyclic) bond motifs is 1. The van der Waals surface area contributed by atoms with Gasteiger partial charge in [-0.2, -0.15) is 0 Å². The van der Waals surface area contributed by atoms with Crippen molar-refractivity contribution in [1.29, 1.82) is 0 Å². The van der Waals surface area contributed by atoms with Crippen LogP contribution in [0.15, 0.2) is 5.16 Å². The molecule has 1 heterocycles. The van der Waals surface area contributed by atoms with Crippen molar-refractivity contribution in [1.82, 2.24) is 15.2 Å². The Morgan fingerprint density at radius 3 is 2.65 bits per heavy atom. The first kappa shape index (κ1) is 13.4. The zero-order valence-corrected chi connectivity index (χ0v) is 11.4. The number of nitrogens with one attached hydrogen (secondary N) is 1. The molecule has 5 atom stereocenters. The molecule has 3 rings (SSSR count). The molecule has 1 aromatic rings. The van der Waals surface area contributed by atoms with Crippen molar-refractivity contribution in [3.8, 4) is 0 Å². The van der Waals surface area contributed by atoms with Crippen molar-refractivity contribution in [2.45, 2.75) is 29.3 Å². The Labute approximate surface area is 118 Å². The van der Waals surface area contributed by atoms with E-state index in [0.29, 0.717) is 11.0 Å². The van der Waals surface area contributed by atoms with Crippen molar-refractivity contribution < 1.29 is 19.8 Å². The largest absolute Gasteiger partial charge is 0.481 e. The molecule has 2 saturated carbocycles. The molecule has 0 amide bonds. The maximum Gasteiger partial charge on any atom is 0.324 e. The minimum atomic E-state index is -1.46. The summed E-state index contributed by atoms with van der Waals surface area (Å²) in [5.41, 5.74) is 4.48. The Kier molecular flexibility index (Phi) is 2.80. The van der Waals surface area contributed by atoms with Gasteiger partial charge in [-0.15, -0.1) is 10.2 Å². The maximum atomic E-state index is 11.4. The zero-order valence-electron chi connectivity index (χ0n) is 10.6. The molecule has 2 aliphatic rings. The molecule has 0 bridgehead atoms. The first-order valence-electron chi connectivity index (χ1n) is 6.15. The van der Waals surface area contributed by atoms with Gasteiger partial charge in [0.15, 0.2) is 5.16 Å². The van der Waals surface area contributed by atoms with Crippen LogP contribution in [0.2, 0.25) is 0 Å². The van der Waals surface area contributed by atoms with Crippen LogP contribution in [0, 0.1) is 24.7 Å². The predicted molar refractivity (Wildman–Crippen MR) is 68.0 cm³/mol. The van der Waals surface area contributed by atoms with Crippen molar-refractivity contribution in [3.05, 3.63) is 5.82 Å². The van der Waals surface area contributed by atoms with Gasteiger partial charge in [0.2, 0.25) is 0 Å². The Balaban J connectivity index is 1.83. The number of thioether (sulfide) groups is 1. The van der Waals surface area contributed by atoms with E-state index in [1.807, 2.05) is 0 Å². The Morgan fingerprint density at radius 2 is 2.15 bits per heavy atom. The van der Waals surface area contributed by atoms with Crippen LogP contribution in [-0.2, 0) is 9.59 Å². The fourth-order valence-corrected chi connectivity index (χ4v) is 4.69. The highest BCUT2D eigenvalue weighted by molar-refractivity contribution is 7.99. The SMILES string of the molecule is Cc1nnc(S[C@H]2C[C@@](N)(C(=O)O)[C@@H]3[C@@H](C(=O)O)[C@@H]32)[nH]1. The number of aromatic nitrogens is 3. The molecule has 2 fully saturated rings. The monoisotopic (exact) mass is 298 g/mol. The number of hydrogen-bond donors (Lipinski definition) is 4. The standard InChI is InChI=1S/C11H14N4O4S/c1-3-13-10(15-14-3)20-4-2-11(12,9(18)19)7-5(4)6(7)8(16)17/h4-7H,2,12H2,1H3,(H,16,17)(H,18,19)(H,13,14,15)/t4-,5-,6-,7-,11-/m0/s1. The van der Waals surface area contributed by atoms with E-state index < -0.39 is 29.3 Å². The lowest BCUT2D eigenvalue weighted by Gasteiger charge is -2.23. The third-order valence-electron chi connectivity index (χ3n) is 4.16. The first-order valence-corrected chi connectivity index (χ1v) is 7.03. The van der Waals surface area contributed by atoms with Gasteiger partial charge < -0.3 is 20.9 Å². The number of rotatable bonds is 4. The molecule has 9 heteroatoms. The lowest BCUT2D eigenvalue weighted by atomic mass is 9.91. The van der Waals surface area contributed by atoms with Gasteiger partial charge in [0.05, 0.1) is 5.92 Å². The van der Waals surface area contributed by atoms with Crippen molar-refractivity contribution in [3.63, 3.8) is 0 Å². The summed E-state index contributed by atoms with van der Waals surface area (Å²) in [5, 5.41) is 26.6. The van der Waals surface area contributed by atoms with E-state index in [-0.39, 0.29) is 17.6 Å². The number of carboxylic acid groups (broad SMARTS) is 2. The van der Waals surface area contributed by atoms with Crippen LogP contribution >= 0.6 is 11.8 Å². The van der Waals surface area contributed by atoms with E-state index in [1.165, 1.54) is 11.8 Å². The summed E-state index contributed by atoms with van der Waals surface area (Å²) in [5.74, 6) is -2.84. The minimum absolute atomic E-state index is 0.172. The molecular weight excluding hydrogens is 284 g/mol. The van der Waals surface area contributed by atoms with E-state index in [2.05, 4.69) is 15.2 Å². The van der Waals surface area contributed by atoms with Crippen LogP contribution < -0.4 is 5.73 Å². The van der Waals surface area contributed by atoms with E-state index in [0.717, 1.165) is 0 Å². The third kappa shape index (κ3) is 1.80. The molecule has 0 aliphatic heterocycles. The average Bonchev–Trinajstić information content (AvgIpc) is 2.90. The molecule has 2 aliphatic carbocycles. The maximum absolute atomic E-state index is 11.4. The zero-order chi connectivity index (χ0) is 14.7. The molecule has 0 saturated heterocycles. The van der Waals surface area contributed by atoms with Gasteiger partial charge in [-0.1, -0.05) is 11.8 Å². The minimum Gasteiger partial charge on any atom is -0.481 e. The predicted octanol–water partition coefficient (Wildman–Crippen LogP) is -0.294. The summed E-state index contributed by atoms with van der Waals surface area (Å²) in [6, 6.07) is 0. The molecule has 5 N–H and O–H groups in total. The fraction of sp³-hybridized carbons (Fsp3) is 0.636. The van der Waals surface area contributed by atoms with Crippen LogP contribution in [0.1, 0.15) is 12.2 Å². The van der Waals surface area contributed by atoms with Gasteiger partial charge >= 0.3 is 11.9 Å². The summed E-state index contributed by atoms with van der Waals surface area (Å²) >= 11 is 1.33. The third-order valence-corrected chi connectivity index (χ3v) is 5.35. The summed E-state index contributed by atoms with van der Waals surface area (Å²) in [4.78, 5) is 25.5. The second kappa shape index (κ2) is 4.19. The van der Waals surface area contributed by atoms with Crippen molar-refractivity contribution >= 4 is 23.7 Å². The first-order chi connectivity index (χ1) is 9.34. The van der Waals surface area contributed by atoms with E-state index in [9.17, 15) is 14.7 Å². The van der Waals surface area contributed by atoms with Crippen LogP contribution in [-0.4, -0.2) is 48.1 Å². The van der Waals surface area contributed by atoms with Gasteiger partial charge in [-0.3, -0.25) is 9.59 Å². The number of aryl methyl sites for hydroxylation is 1. The lowest BCUT2D eigenvalue weighted by Crippen LogP contribution is -2.50. The van der Waals surface area contributed by atoms with Crippen LogP contribution in [0.25, 0.3) is 0 Å². The number of aliphatic carboxylic acids is 2. The number of nitrogens with two attached hydrogens (primary N) is 1.